The van der Waals surface area contributed by atoms with E-state index >= 15 is 0 Å². The number of hydrogen-bond donors (Lipinski definition) is 1. The second-order valence-electron chi connectivity index (χ2n) is 7.91. The van der Waals surface area contributed by atoms with Gasteiger partial charge in [0.1, 0.15) is 11.5 Å². The van der Waals surface area contributed by atoms with Gasteiger partial charge in [0.05, 0.1) is 12.5 Å². The first-order valence-electron chi connectivity index (χ1n) is 10.2. The molecule has 0 unspecified atom stereocenters. The lowest BCUT2D eigenvalue weighted by molar-refractivity contribution is -0.123. The first-order valence-corrected chi connectivity index (χ1v) is 10.2. The van der Waals surface area contributed by atoms with Gasteiger partial charge in [0.15, 0.2) is 0 Å². The van der Waals surface area contributed by atoms with Crippen molar-refractivity contribution in [1.82, 2.24) is 15.4 Å². The Hall–Kier alpha value is -2.92. The van der Waals surface area contributed by atoms with Crippen molar-refractivity contribution in [2.45, 2.75) is 38.8 Å². The molecule has 2 aromatic carbocycles. The zero-order valence-corrected chi connectivity index (χ0v) is 17.0. The Balaban J connectivity index is 1.65. The average Bonchev–Trinajstić information content (AvgIpc) is 3.12. The highest BCUT2D eigenvalue weighted by atomic mass is 16.5. The number of benzene rings is 2. The maximum atomic E-state index is 12.2. The Kier molecular flexibility index (Phi) is 5.76. The van der Waals surface area contributed by atoms with Gasteiger partial charge in [-0.15, -0.1) is 0 Å². The van der Waals surface area contributed by atoms with Crippen LogP contribution < -0.4 is 5.32 Å². The van der Waals surface area contributed by atoms with Crippen LogP contribution in [0.4, 0.5) is 0 Å². The van der Waals surface area contributed by atoms with Gasteiger partial charge < -0.3 is 9.84 Å². The number of carbonyl (C=O) groups excluding carboxylic acids is 1. The van der Waals surface area contributed by atoms with Crippen LogP contribution in [0.2, 0.25) is 0 Å². The quantitative estimate of drug-likeness (QED) is 0.698. The molecule has 1 amide bonds. The second kappa shape index (κ2) is 8.62. The number of hydrogen-bond acceptors (Lipinski definition) is 4. The second-order valence-corrected chi connectivity index (χ2v) is 7.91. The standard InChI is InChI=1S/C24H27N3O2/c1-17(2)25-22(28)16-27-14-13-21-20(15-27)24(26-29-21)23(18-9-5-3-6-10-18)19-11-7-4-8-12-19/h3-12,17,23H,13-16H2,1-2H3,(H,25,28). The van der Waals surface area contributed by atoms with Gasteiger partial charge in [0, 0.05) is 31.1 Å². The van der Waals surface area contributed by atoms with Gasteiger partial charge in [0.25, 0.3) is 0 Å². The van der Waals surface area contributed by atoms with Crippen molar-refractivity contribution in [1.29, 1.82) is 0 Å². The minimum atomic E-state index is 0.00865. The minimum Gasteiger partial charge on any atom is -0.361 e. The van der Waals surface area contributed by atoms with Crippen molar-refractivity contribution in [2.24, 2.45) is 0 Å². The highest BCUT2D eigenvalue weighted by molar-refractivity contribution is 5.78. The van der Waals surface area contributed by atoms with Gasteiger partial charge in [0.2, 0.25) is 5.91 Å². The van der Waals surface area contributed by atoms with Crippen LogP contribution in [0.1, 0.15) is 47.9 Å². The van der Waals surface area contributed by atoms with Crippen molar-refractivity contribution in [3.8, 4) is 0 Å². The monoisotopic (exact) mass is 389 g/mol. The lowest BCUT2D eigenvalue weighted by Crippen LogP contribution is -2.42. The van der Waals surface area contributed by atoms with Crippen molar-refractivity contribution in [3.05, 3.63) is 88.8 Å². The van der Waals surface area contributed by atoms with Crippen LogP contribution in [0.5, 0.6) is 0 Å². The molecule has 1 N–H and O–H groups in total. The van der Waals surface area contributed by atoms with Crippen LogP contribution in [0.25, 0.3) is 0 Å². The summed E-state index contributed by atoms with van der Waals surface area (Å²) < 4.78 is 5.75. The zero-order valence-electron chi connectivity index (χ0n) is 17.0. The van der Waals surface area contributed by atoms with E-state index in [0.717, 1.165) is 30.0 Å². The number of nitrogens with zero attached hydrogens (tertiary/aromatic N) is 2. The molecule has 0 radical (unpaired) electrons. The molecule has 29 heavy (non-hydrogen) atoms. The molecule has 4 rings (SSSR count). The van der Waals surface area contributed by atoms with Crippen LogP contribution in [0, 0.1) is 0 Å². The Morgan fingerprint density at radius 3 is 2.28 bits per heavy atom. The third kappa shape index (κ3) is 4.40. The molecule has 1 aromatic heterocycles. The fourth-order valence-corrected chi connectivity index (χ4v) is 4.02. The van der Waals surface area contributed by atoms with Gasteiger partial charge in [-0.1, -0.05) is 65.8 Å². The van der Waals surface area contributed by atoms with Gasteiger partial charge in [-0.3, -0.25) is 9.69 Å². The Bertz CT molecular complexity index is 911. The molecule has 0 atom stereocenters. The normalized spacial score (nSPS) is 14.2. The fourth-order valence-electron chi connectivity index (χ4n) is 4.02. The third-order valence-corrected chi connectivity index (χ3v) is 5.29. The average molecular weight is 389 g/mol. The molecule has 0 spiro atoms. The Morgan fingerprint density at radius 2 is 1.69 bits per heavy atom. The van der Waals surface area contributed by atoms with E-state index in [1.54, 1.807) is 0 Å². The van der Waals surface area contributed by atoms with Crippen molar-refractivity contribution < 1.29 is 9.32 Å². The molecule has 3 aromatic rings. The first-order chi connectivity index (χ1) is 14.1. The topological polar surface area (TPSA) is 58.4 Å². The van der Waals surface area contributed by atoms with E-state index in [1.165, 1.54) is 11.1 Å². The van der Waals surface area contributed by atoms with Gasteiger partial charge >= 0.3 is 0 Å². The molecule has 0 saturated carbocycles. The zero-order chi connectivity index (χ0) is 20.2. The summed E-state index contributed by atoms with van der Waals surface area (Å²) in [6, 6.07) is 21.0. The fraction of sp³-hybridized carbons (Fsp3) is 0.333. The number of amides is 1. The van der Waals surface area contributed by atoms with Crippen LogP contribution in [0.15, 0.2) is 65.2 Å². The maximum absolute atomic E-state index is 12.2. The smallest absolute Gasteiger partial charge is 0.234 e. The van der Waals surface area contributed by atoms with Crippen LogP contribution in [-0.4, -0.2) is 35.1 Å². The van der Waals surface area contributed by atoms with E-state index < -0.39 is 0 Å². The third-order valence-electron chi connectivity index (χ3n) is 5.29. The predicted molar refractivity (Wildman–Crippen MR) is 113 cm³/mol. The van der Waals surface area contributed by atoms with E-state index in [9.17, 15) is 4.79 Å². The summed E-state index contributed by atoms with van der Waals surface area (Å²) in [5.41, 5.74) is 4.44. The molecule has 2 heterocycles. The maximum Gasteiger partial charge on any atom is 0.234 e. The molecular formula is C24H27N3O2. The predicted octanol–water partition coefficient (Wildman–Crippen LogP) is 3.74. The Morgan fingerprint density at radius 1 is 1.07 bits per heavy atom. The SMILES string of the molecule is CC(C)NC(=O)CN1CCc2onc(C(c3ccccc3)c3ccccc3)c2C1. The highest BCUT2D eigenvalue weighted by Crippen LogP contribution is 2.36. The Labute approximate surface area is 171 Å². The highest BCUT2D eigenvalue weighted by Gasteiger charge is 2.30. The summed E-state index contributed by atoms with van der Waals surface area (Å²) in [6.07, 6.45) is 0.771. The van der Waals surface area contributed by atoms with E-state index in [4.69, 9.17) is 4.52 Å². The summed E-state index contributed by atoms with van der Waals surface area (Å²) in [4.78, 5) is 14.4. The minimum absolute atomic E-state index is 0.00865. The van der Waals surface area contributed by atoms with Crippen molar-refractivity contribution in [3.63, 3.8) is 0 Å². The summed E-state index contributed by atoms with van der Waals surface area (Å²) in [5, 5.41) is 7.49. The molecule has 5 heteroatoms. The van der Waals surface area contributed by atoms with E-state index in [-0.39, 0.29) is 17.9 Å². The molecule has 0 aliphatic carbocycles. The molecule has 1 aliphatic rings. The molecule has 0 bridgehead atoms. The van der Waals surface area contributed by atoms with Crippen LogP contribution in [-0.2, 0) is 17.8 Å². The first kappa shape index (κ1) is 19.4. The summed E-state index contributed by atoms with van der Waals surface area (Å²) in [5.74, 6) is 1.01. The number of carbonyl (C=O) groups is 1. The van der Waals surface area contributed by atoms with Gasteiger partial charge in [-0.2, -0.15) is 0 Å². The van der Waals surface area contributed by atoms with Crippen LogP contribution >= 0.6 is 0 Å². The lowest BCUT2D eigenvalue weighted by Gasteiger charge is -2.27. The summed E-state index contributed by atoms with van der Waals surface area (Å²) >= 11 is 0. The number of aromatic nitrogens is 1. The van der Waals surface area contributed by atoms with E-state index in [0.29, 0.717) is 13.1 Å². The number of nitrogens with one attached hydrogen (secondary N) is 1. The van der Waals surface area contributed by atoms with Crippen LogP contribution in [0.3, 0.4) is 0 Å². The van der Waals surface area contributed by atoms with Gasteiger partial charge in [-0.05, 0) is 25.0 Å². The lowest BCUT2D eigenvalue weighted by atomic mass is 9.85. The summed E-state index contributed by atoms with van der Waals surface area (Å²) in [7, 11) is 0. The summed E-state index contributed by atoms with van der Waals surface area (Å²) in [6.45, 7) is 5.83. The van der Waals surface area contributed by atoms with Crippen molar-refractivity contribution >= 4 is 5.91 Å². The number of rotatable bonds is 6. The molecule has 5 nitrogen and oxygen atoms in total. The largest absolute Gasteiger partial charge is 0.361 e. The molecule has 150 valence electrons. The molecule has 1 aliphatic heterocycles. The van der Waals surface area contributed by atoms with E-state index in [1.807, 2.05) is 26.0 Å². The van der Waals surface area contributed by atoms with E-state index in [2.05, 4.69) is 63.9 Å². The van der Waals surface area contributed by atoms with Gasteiger partial charge in [-0.25, -0.2) is 0 Å². The molecule has 0 fully saturated rings. The molecule has 0 saturated heterocycles. The molecular weight excluding hydrogens is 362 g/mol. The van der Waals surface area contributed by atoms with Crippen molar-refractivity contribution in [2.75, 3.05) is 13.1 Å². The number of fused-ring (bicyclic) bond motifs is 1.